The van der Waals surface area contributed by atoms with E-state index in [1.165, 1.54) is 25.8 Å². The first-order chi connectivity index (χ1) is 14.1. The van der Waals surface area contributed by atoms with Crippen molar-refractivity contribution in [3.05, 3.63) is 41.1 Å². The molecular weight excluding hydrogens is 467 g/mol. The summed E-state index contributed by atoms with van der Waals surface area (Å²) in [7, 11) is 1.44. The van der Waals surface area contributed by atoms with Crippen LogP contribution in [-0.4, -0.2) is 31.0 Å². The smallest absolute Gasteiger partial charge is 0.496 e. The molecule has 0 amide bonds. The summed E-state index contributed by atoms with van der Waals surface area (Å²) < 4.78 is 51.2. The van der Waals surface area contributed by atoms with Gasteiger partial charge in [0.05, 0.1) is 13.7 Å². The molecule has 0 N–H and O–H groups in total. The number of halogens is 4. The van der Waals surface area contributed by atoms with Gasteiger partial charge in [-0.2, -0.15) is 0 Å². The summed E-state index contributed by atoms with van der Waals surface area (Å²) in [6, 6.07) is 4.33. The van der Waals surface area contributed by atoms with E-state index in [2.05, 4.69) is 39.5 Å². The quantitative estimate of drug-likeness (QED) is 0.343. The van der Waals surface area contributed by atoms with Crippen molar-refractivity contribution in [3.8, 4) is 22.8 Å². The van der Waals surface area contributed by atoms with Crippen LogP contribution in [0.4, 0.5) is 13.2 Å². The summed E-state index contributed by atoms with van der Waals surface area (Å²) in [5.74, 6) is -0.721. The highest BCUT2D eigenvalue weighted by Crippen LogP contribution is 2.37. The van der Waals surface area contributed by atoms with Crippen LogP contribution in [0.25, 0.3) is 11.1 Å². The zero-order valence-electron chi connectivity index (χ0n) is 17.5. The zero-order chi connectivity index (χ0) is 22.9. The van der Waals surface area contributed by atoms with Gasteiger partial charge in [0.2, 0.25) is 5.88 Å². The standard InChI is InChI=1S/C18H17BrF3NO4.C3H8/c1-4-26-17(24)15-12(8-19)7-13(10(2)16(15)25-3)11-5-6-14(23-9-11)27-18(20,21)22;1-3-2/h5-7,9H,4,8H2,1-3H3;3H2,1-2H3. The van der Waals surface area contributed by atoms with E-state index in [1.54, 1.807) is 19.9 Å². The third kappa shape index (κ3) is 6.90. The van der Waals surface area contributed by atoms with Gasteiger partial charge in [0.25, 0.3) is 0 Å². The van der Waals surface area contributed by atoms with Gasteiger partial charge in [-0.3, -0.25) is 0 Å². The summed E-state index contributed by atoms with van der Waals surface area (Å²) in [4.78, 5) is 16.0. The molecule has 0 aliphatic heterocycles. The molecule has 2 aromatic rings. The molecular formula is C21H25BrF3NO4. The van der Waals surface area contributed by atoms with E-state index in [4.69, 9.17) is 9.47 Å². The molecule has 1 aromatic heterocycles. The van der Waals surface area contributed by atoms with Crippen LogP contribution in [-0.2, 0) is 10.1 Å². The Labute approximate surface area is 182 Å². The number of aromatic nitrogens is 1. The molecule has 2 rings (SSSR count). The molecule has 0 bridgehead atoms. The van der Waals surface area contributed by atoms with Gasteiger partial charge in [0.15, 0.2) is 0 Å². The number of nitrogens with zero attached hydrogens (tertiary/aromatic N) is 1. The molecule has 0 saturated carbocycles. The van der Waals surface area contributed by atoms with E-state index in [0.717, 1.165) is 6.07 Å². The number of methoxy groups -OCH3 is 1. The van der Waals surface area contributed by atoms with Gasteiger partial charge < -0.3 is 14.2 Å². The monoisotopic (exact) mass is 491 g/mol. The highest BCUT2D eigenvalue weighted by Gasteiger charge is 2.31. The van der Waals surface area contributed by atoms with Crippen molar-refractivity contribution < 1.29 is 32.2 Å². The van der Waals surface area contributed by atoms with Crippen molar-refractivity contribution in [2.75, 3.05) is 13.7 Å². The Morgan fingerprint density at radius 1 is 1.20 bits per heavy atom. The van der Waals surface area contributed by atoms with E-state index in [0.29, 0.717) is 38.9 Å². The van der Waals surface area contributed by atoms with Gasteiger partial charge in [-0.05, 0) is 42.7 Å². The Balaban J connectivity index is 0.00000141. The minimum absolute atomic E-state index is 0.217. The summed E-state index contributed by atoms with van der Waals surface area (Å²) in [6.07, 6.45) is -2.29. The van der Waals surface area contributed by atoms with E-state index < -0.39 is 18.2 Å². The molecule has 0 aliphatic rings. The van der Waals surface area contributed by atoms with E-state index in [9.17, 15) is 18.0 Å². The number of hydrogen-bond acceptors (Lipinski definition) is 5. The summed E-state index contributed by atoms with van der Waals surface area (Å²) in [6.45, 7) is 7.92. The fourth-order valence-corrected chi connectivity index (χ4v) is 3.06. The summed E-state index contributed by atoms with van der Waals surface area (Å²) in [5.41, 5.74) is 2.79. The van der Waals surface area contributed by atoms with Gasteiger partial charge in [-0.1, -0.05) is 36.2 Å². The SMILES string of the molecule is CCC.CCOC(=O)c1c(CBr)cc(-c2ccc(OC(F)(F)F)nc2)c(C)c1OC. The number of rotatable bonds is 6. The number of carbonyl (C=O) groups excluding carboxylic acids is 1. The van der Waals surface area contributed by atoms with Crippen molar-refractivity contribution in [2.45, 2.75) is 45.8 Å². The molecule has 0 saturated heterocycles. The maximum absolute atomic E-state index is 12.3. The molecule has 9 heteroatoms. The average molecular weight is 492 g/mol. The van der Waals surface area contributed by atoms with E-state index >= 15 is 0 Å². The first-order valence-electron chi connectivity index (χ1n) is 9.29. The lowest BCUT2D eigenvalue weighted by atomic mass is 9.94. The van der Waals surface area contributed by atoms with Crippen molar-refractivity contribution >= 4 is 21.9 Å². The molecule has 5 nitrogen and oxygen atoms in total. The van der Waals surface area contributed by atoms with Crippen LogP contribution >= 0.6 is 15.9 Å². The lowest BCUT2D eigenvalue weighted by Gasteiger charge is -2.18. The van der Waals surface area contributed by atoms with Crippen LogP contribution in [0, 0.1) is 6.92 Å². The molecule has 0 unspecified atom stereocenters. The number of hydrogen-bond donors (Lipinski definition) is 0. The molecule has 166 valence electrons. The van der Waals surface area contributed by atoms with E-state index in [1.807, 2.05) is 0 Å². The molecule has 0 radical (unpaired) electrons. The number of esters is 1. The Kier molecular flexibility index (Phi) is 10.1. The van der Waals surface area contributed by atoms with Gasteiger partial charge in [-0.25, -0.2) is 9.78 Å². The van der Waals surface area contributed by atoms with Gasteiger partial charge in [0, 0.05) is 23.2 Å². The number of ether oxygens (including phenoxy) is 3. The first kappa shape index (κ1) is 25.7. The normalized spacial score (nSPS) is 10.7. The second-order valence-electron chi connectivity index (χ2n) is 6.11. The fraction of sp³-hybridized carbons (Fsp3) is 0.429. The number of benzene rings is 1. The van der Waals surface area contributed by atoms with Crippen LogP contribution in [0.2, 0.25) is 0 Å². The second kappa shape index (κ2) is 11.8. The summed E-state index contributed by atoms with van der Waals surface area (Å²) in [5, 5.41) is 0.355. The largest absolute Gasteiger partial charge is 0.574 e. The Morgan fingerprint density at radius 2 is 1.83 bits per heavy atom. The predicted octanol–water partition coefficient (Wildman–Crippen LogP) is 6.45. The molecule has 0 spiro atoms. The lowest BCUT2D eigenvalue weighted by molar-refractivity contribution is -0.276. The van der Waals surface area contributed by atoms with Crippen molar-refractivity contribution in [2.24, 2.45) is 0 Å². The Morgan fingerprint density at radius 3 is 2.27 bits per heavy atom. The van der Waals surface area contributed by atoms with Crippen molar-refractivity contribution in [1.82, 2.24) is 4.98 Å². The molecule has 0 atom stereocenters. The van der Waals surface area contributed by atoms with Crippen molar-refractivity contribution in [3.63, 3.8) is 0 Å². The summed E-state index contributed by atoms with van der Waals surface area (Å²) >= 11 is 3.34. The molecule has 1 heterocycles. The number of carbonyl (C=O) groups is 1. The van der Waals surface area contributed by atoms with Crippen molar-refractivity contribution in [1.29, 1.82) is 0 Å². The molecule has 30 heavy (non-hydrogen) atoms. The highest BCUT2D eigenvalue weighted by atomic mass is 79.9. The van der Waals surface area contributed by atoms with Crippen LogP contribution < -0.4 is 9.47 Å². The average Bonchev–Trinajstić information content (AvgIpc) is 2.68. The topological polar surface area (TPSA) is 57.7 Å². The lowest BCUT2D eigenvalue weighted by Crippen LogP contribution is -2.17. The molecule has 1 aromatic carbocycles. The highest BCUT2D eigenvalue weighted by molar-refractivity contribution is 9.08. The maximum atomic E-state index is 12.3. The minimum atomic E-state index is -4.81. The number of pyridine rings is 1. The minimum Gasteiger partial charge on any atom is -0.496 e. The van der Waals surface area contributed by atoms with Crippen LogP contribution in [0.15, 0.2) is 24.4 Å². The van der Waals surface area contributed by atoms with E-state index in [-0.39, 0.29) is 6.61 Å². The van der Waals surface area contributed by atoms with Gasteiger partial charge in [0.1, 0.15) is 11.3 Å². The van der Waals surface area contributed by atoms with Crippen LogP contribution in [0.1, 0.15) is 48.7 Å². The zero-order valence-corrected chi connectivity index (χ0v) is 19.1. The van der Waals surface area contributed by atoms with Gasteiger partial charge in [-0.15, -0.1) is 13.2 Å². The van der Waals surface area contributed by atoms with Crippen LogP contribution in [0.3, 0.4) is 0 Å². The molecule has 0 fully saturated rings. The predicted molar refractivity (Wildman–Crippen MR) is 112 cm³/mol. The molecule has 0 aliphatic carbocycles. The first-order valence-corrected chi connectivity index (χ1v) is 10.4. The maximum Gasteiger partial charge on any atom is 0.574 e. The second-order valence-corrected chi connectivity index (χ2v) is 6.67. The third-order valence-electron chi connectivity index (χ3n) is 3.71. The Bertz CT molecular complexity index is 840. The number of alkyl halides is 4. The fourth-order valence-electron chi connectivity index (χ4n) is 2.62. The third-order valence-corrected chi connectivity index (χ3v) is 4.31. The van der Waals surface area contributed by atoms with Gasteiger partial charge >= 0.3 is 12.3 Å². The van der Waals surface area contributed by atoms with Crippen LogP contribution in [0.5, 0.6) is 11.6 Å². The Hall–Kier alpha value is -2.29.